The van der Waals surface area contributed by atoms with E-state index in [0.29, 0.717) is 5.57 Å². The van der Waals surface area contributed by atoms with Crippen molar-refractivity contribution in [3.8, 4) is 0 Å². The van der Waals surface area contributed by atoms with Gasteiger partial charge in [-0.2, -0.15) is 0 Å². The van der Waals surface area contributed by atoms with Crippen LogP contribution >= 0.6 is 11.9 Å². The van der Waals surface area contributed by atoms with Gasteiger partial charge in [-0.1, -0.05) is 19.9 Å². The second kappa shape index (κ2) is 4.63. The van der Waals surface area contributed by atoms with Gasteiger partial charge >= 0.3 is 5.97 Å². The number of carbonyl (C=O) groups excluding carboxylic acids is 1. The molecule has 76 valence electrons. The van der Waals surface area contributed by atoms with Crippen LogP contribution in [0.25, 0.3) is 0 Å². The van der Waals surface area contributed by atoms with Crippen LogP contribution in [0.3, 0.4) is 0 Å². The fourth-order valence-electron chi connectivity index (χ4n) is 0.753. The van der Waals surface area contributed by atoms with Gasteiger partial charge in [0.25, 0.3) is 0 Å². The minimum Gasteiger partial charge on any atom is -0.343 e. The van der Waals surface area contributed by atoms with Crippen molar-refractivity contribution >= 4 is 17.8 Å². The lowest BCUT2D eigenvalue weighted by molar-refractivity contribution is -0.129. The molecule has 0 aliphatic rings. The minimum atomic E-state index is -0.556. The fourth-order valence-corrected chi connectivity index (χ4v) is 0.875. The van der Waals surface area contributed by atoms with Crippen molar-refractivity contribution in [2.75, 3.05) is 0 Å². The van der Waals surface area contributed by atoms with Crippen molar-refractivity contribution in [3.05, 3.63) is 11.6 Å². The molecule has 1 atom stereocenters. The zero-order valence-electron chi connectivity index (χ0n) is 8.43. The van der Waals surface area contributed by atoms with Gasteiger partial charge in [0.1, 0.15) is 11.9 Å². The Hall–Kier alpha value is -0.540. The Balaban J connectivity index is 4.64. The van der Waals surface area contributed by atoms with Crippen molar-refractivity contribution in [2.45, 2.75) is 33.2 Å². The standard InChI is InChI=1S/C9H16ClNO2/c1-6(2)9(4,11)5-7(3)8(12)13-10/h5-6H,11H2,1-4H3. The Labute approximate surface area is 84.1 Å². The van der Waals surface area contributed by atoms with Gasteiger partial charge in [-0.15, -0.1) is 0 Å². The first-order valence-corrected chi connectivity index (χ1v) is 4.43. The predicted octanol–water partition coefficient (Wildman–Crippen LogP) is 2.00. The number of rotatable bonds is 3. The summed E-state index contributed by atoms with van der Waals surface area (Å²) in [7, 11) is 0. The largest absolute Gasteiger partial charge is 0.351 e. The molecule has 0 aromatic carbocycles. The van der Waals surface area contributed by atoms with Crippen LogP contribution in [0.15, 0.2) is 11.6 Å². The van der Waals surface area contributed by atoms with Gasteiger partial charge < -0.3 is 10.0 Å². The minimum absolute atomic E-state index is 0.241. The average molecular weight is 206 g/mol. The quantitative estimate of drug-likeness (QED) is 0.718. The molecule has 0 radical (unpaired) electrons. The molecule has 4 heteroatoms. The Morgan fingerprint density at radius 3 is 2.38 bits per heavy atom. The van der Waals surface area contributed by atoms with Gasteiger partial charge in [-0.25, -0.2) is 4.79 Å². The summed E-state index contributed by atoms with van der Waals surface area (Å²) in [5.41, 5.74) is 5.83. The van der Waals surface area contributed by atoms with Gasteiger partial charge in [0, 0.05) is 11.1 Å². The first kappa shape index (κ1) is 12.5. The van der Waals surface area contributed by atoms with E-state index in [1.54, 1.807) is 13.0 Å². The number of hydrogen-bond donors (Lipinski definition) is 1. The first-order chi connectivity index (χ1) is 5.81. The molecule has 1 unspecified atom stereocenters. The van der Waals surface area contributed by atoms with Crippen LogP contribution in [-0.2, 0) is 9.08 Å². The molecule has 0 aliphatic heterocycles. The Morgan fingerprint density at radius 2 is 2.08 bits per heavy atom. The second-order valence-electron chi connectivity index (χ2n) is 3.71. The maximum Gasteiger partial charge on any atom is 0.351 e. The Bertz CT molecular complexity index is 222. The number of carbonyl (C=O) groups is 1. The maximum atomic E-state index is 10.9. The summed E-state index contributed by atoms with van der Waals surface area (Å²) in [4.78, 5) is 10.9. The van der Waals surface area contributed by atoms with Crippen molar-refractivity contribution in [3.63, 3.8) is 0 Å². The molecule has 2 N–H and O–H groups in total. The summed E-state index contributed by atoms with van der Waals surface area (Å²) in [6.07, 6.45) is 1.67. The number of hydrogen-bond acceptors (Lipinski definition) is 3. The molecule has 0 bridgehead atoms. The monoisotopic (exact) mass is 205 g/mol. The molecule has 0 saturated heterocycles. The van der Waals surface area contributed by atoms with Crippen molar-refractivity contribution < 1.29 is 9.08 Å². The first-order valence-electron chi connectivity index (χ1n) is 4.12. The number of nitrogens with two attached hydrogens (primary N) is 1. The normalized spacial score (nSPS) is 17.0. The second-order valence-corrected chi connectivity index (χ2v) is 3.87. The summed E-state index contributed by atoms with van der Waals surface area (Å²) < 4.78 is 4.05. The van der Waals surface area contributed by atoms with E-state index in [2.05, 4.69) is 4.29 Å². The third-order valence-corrected chi connectivity index (χ3v) is 2.30. The molecular weight excluding hydrogens is 190 g/mol. The van der Waals surface area contributed by atoms with Crippen molar-refractivity contribution in [2.24, 2.45) is 11.7 Å². The molecule has 3 nitrogen and oxygen atoms in total. The van der Waals surface area contributed by atoms with E-state index in [1.165, 1.54) is 0 Å². The molecule has 0 aromatic heterocycles. The summed E-state index contributed by atoms with van der Waals surface area (Å²) in [6, 6.07) is 0. The average Bonchev–Trinajstić information content (AvgIpc) is 2.01. The SMILES string of the molecule is CC(=CC(C)(N)C(C)C)C(=O)OCl. The molecule has 0 aromatic rings. The highest BCUT2D eigenvalue weighted by Crippen LogP contribution is 2.17. The molecular formula is C9H16ClNO2. The number of halogens is 1. The summed E-state index contributed by atoms with van der Waals surface area (Å²) in [5.74, 6) is -0.315. The molecule has 13 heavy (non-hydrogen) atoms. The highest BCUT2D eigenvalue weighted by atomic mass is 35.5. The topological polar surface area (TPSA) is 52.3 Å². The molecule has 0 fully saturated rings. The van der Waals surface area contributed by atoms with Crippen molar-refractivity contribution in [1.29, 1.82) is 0 Å². The molecule has 0 aliphatic carbocycles. The third-order valence-electron chi connectivity index (χ3n) is 2.16. The maximum absolute atomic E-state index is 10.9. The van der Waals surface area contributed by atoms with E-state index in [0.717, 1.165) is 0 Å². The highest BCUT2D eigenvalue weighted by molar-refractivity contribution is 6.15. The summed E-state index contributed by atoms with van der Waals surface area (Å²) >= 11 is 4.92. The lowest BCUT2D eigenvalue weighted by Gasteiger charge is -2.25. The van der Waals surface area contributed by atoms with E-state index in [1.807, 2.05) is 20.8 Å². The van der Waals surface area contributed by atoms with Crippen LogP contribution < -0.4 is 5.73 Å². The van der Waals surface area contributed by atoms with Crippen LogP contribution in [0.5, 0.6) is 0 Å². The van der Waals surface area contributed by atoms with E-state index in [4.69, 9.17) is 17.6 Å². The predicted molar refractivity (Wildman–Crippen MR) is 53.1 cm³/mol. The zero-order chi connectivity index (χ0) is 10.6. The molecule has 0 rings (SSSR count). The lowest BCUT2D eigenvalue weighted by Crippen LogP contribution is -2.40. The molecule has 0 amide bonds. The van der Waals surface area contributed by atoms with Crippen LogP contribution in [-0.4, -0.2) is 11.5 Å². The van der Waals surface area contributed by atoms with E-state index < -0.39 is 11.5 Å². The van der Waals surface area contributed by atoms with E-state index >= 15 is 0 Å². The van der Waals surface area contributed by atoms with Crippen molar-refractivity contribution in [1.82, 2.24) is 0 Å². The van der Waals surface area contributed by atoms with Gasteiger partial charge in [0.15, 0.2) is 0 Å². The smallest absolute Gasteiger partial charge is 0.343 e. The highest BCUT2D eigenvalue weighted by Gasteiger charge is 2.21. The van der Waals surface area contributed by atoms with E-state index in [-0.39, 0.29) is 5.92 Å². The van der Waals surface area contributed by atoms with Gasteiger partial charge in [0.2, 0.25) is 0 Å². The van der Waals surface area contributed by atoms with E-state index in [9.17, 15) is 4.79 Å². The third kappa shape index (κ3) is 3.79. The van der Waals surface area contributed by atoms with Gasteiger partial charge in [-0.3, -0.25) is 0 Å². The fraction of sp³-hybridized carbons (Fsp3) is 0.667. The molecule has 0 heterocycles. The molecule has 0 spiro atoms. The van der Waals surface area contributed by atoms with Gasteiger partial charge in [-0.05, 0) is 19.8 Å². The van der Waals surface area contributed by atoms with Crippen LogP contribution in [0, 0.1) is 5.92 Å². The van der Waals surface area contributed by atoms with Crippen LogP contribution in [0.1, 0.15) is 27.7 Å². The van der Waals surface area contributed by atoms with Crippen LogP contribution in [0.4, 0.5) is 0 Å². The Kier molecular flexibility index (Phi) is 4.44. The summed E-state index contributed by atoms with van der Waals surface area (Å²) in [6.45, 7) is 7.44. The zero-order valence-corrected chi connectivity index (χ0v) is 9.18. The Morgan fingerprint density at radius 1 is 1.62 bits per heavy atom. The van der Waals surface area contributed by atoms with Crippen LogP contribution in [0.2, 0.25) is 0 Å². The lowest BCUT2D eigenvalue weighted by atomic mass is 9.88. The van der Waals surface area contributed by atoms with Gasteiger partial charge in [0.05, 0.1) is 0 Å². The summed E-state index contributed by atoms with van der Waals surface area (Å²) in [5, 5.41) is 0. The molecule has 0 saturated carbocycles.